The molecule has 1 atom stereocenters. The molecule has 0 heterocycles. The van der Waals surface area contributed by atoms with Crippen molar-refractivity contribution in [2.24, 2.45) is 11.8 Å². The van der Waals surface area contributed by atoms with Gasteiger partial charge in [0.25, 0.3) is 5.91 Å². The quantitative estimate of drug-likeness (QED) is 0.301. The SMILES string of the molecule is O=C(C=Cc1ccc(CN[C@@](C(=O)O)(C2CCCCC2)C2CCCC2)cc1)NO. The van der Waals surface area contributed by atoms with Gasteiger partial charge < -0.3 is 5.11 Å². The highest BCUT2D eigenvalue weighted by molar-refractivity contribution is 5.90. The van der Waals surface area contributed by atoms with Crippen LogP contribution in [0.2, 0.25) is 0 Å². The molecule has 2 aliphatic carbocycles. The molecule has 6 nitrogen and oxygen atoms in total. The van der Waals surface area contributed by atoms with Gasteiger partial charge in [0.05, 0.1) is 0 Å². The van der Waals surface area contributed by atoms with Crippen molar-refractivity contribution < 1.29 is 19.9 Å². The zero-order chi connectivity index (χ0) is 20.7. The molecular formula is C23H32N2O4. The maximum absolute atomic E-state index is 12.6. The number of carbonyl (C=O) groups is 2. The Morgan fingerprint density at radius 1 is 0.966 bits per heavy atom. The van der Waals surface area contributed by atoms with Gasteiger partial charge in [-0.1, -0.05) is 56.4 Å². The van der Waals surface area contributed by atoms with E-state index >= 15 is 0 Å². The summed E-state index contributed by atoms with van der Waals surface area (Å²) in [4.78, 5) is 23.7. The molecule has 29 heavy (non-hydrogen) atoms. The Kier molecular flexibility index (Phi) is 7.45. The van der Waals surface area contributed by atoms with Gasteiger partial charge in [-0.05, 0) is 54.7 Å². The molecule has 2 aliphatic rings. The molecule has 0 unspecified atom stereocenters. The van der Waals surface area contributed by atoms with Gasteiger partial charge in [-0.15, -0.1) is 0 Å². The Morgan fingerprint density at radius 3 is 2.03 bits per heavy atom. The minimum absolute atomic E-state index is 0.191. The topological polar surface area (TPSA) is 98.7 Å². The molecule has 0 aliphatic heterocycles. The van der Waals surface area contributed by atoms with Crippen LogP contribution in [-0.4, -0.2) is 27.7 Å². The Bertz CT molecular complexity index is 719. The van der Waals surface area contributed by atoms with Gasteiger partial charge in [-0.2, -0.15) is 0 Å². The maximum Gasteiger partial charge on any atom is 0.324 e. The van der Waals surface area contributed by atoms with Gasteiger partial charge in [-0.3, -0.25) is 20.1 Å². The van der Waals surface area contributed by atoms with Gasteiger partial charge in [0, 0.05) is 12.6 Å². The first-order chi connectivity index (χ1) is 14.1. The van der Waals surface area contributed by atoms with Crippen LogP contribution in [-0.2, 0) is 16.1 Å². The average molecular weight is 401 g/mol. The van der Waals surface area contributed by atoms with E-state index < -0.39 is 17.4 Å². The summed E-state index contributed by atoms with van der Waals surface area (Å²) in [7, 11) is 0. The molecule has 0 radical (unpaired) electrons. The first kappa shape index (κ1) is 21.5. The van der Waals surface area contributed by atoms with Crippen molar-refractivity contribution in [3.63, 3.8) is 0 Å². The van der Waals surface area contributed by atoms with Crippen LogP contribution in [0, 0.1) is 11.8 Å². The fraction of sp³-hybridized carbons (Fsp3) is 0.565. The van der Waals surface area contributed by atoms with Crippen molar-refractivity contribution in [3.8, 4) is 0 Å². The molecule has 0 aromatic heterocycles. The van der Waals surface area contributed by atoms with Crippen LogP contribution in [0.5, 0.6) is 0 Å². The Hall–Kier alpha value is -2.18. The number of carboxylic acids is 1. The van der Waals surface area contributed by atoms with Crippen molar-refractivity contribution in [1.82, 2.24) is 10.8 Å². The maximum atomic E-state index is 12.6. The van der Waals surface area contributed by atoms with Crippen LogP contribution < -0.4 is 10.8 Å². The minimum atomic E-state index is -0.839. The first-order valence-electron chi connectivity index (χ1n) is 10.8. The lowest BCUT2D eigenvalue weighted by atomic mass is 9.67. The van der Waals surface area contributed by atoms with E-state index in [2.05, 4.69) is 5.32 Å². The number of nitrogens with one attached hydrogen (secondary N) is 2. The number of aliphatic carboxylic acids is 1. The lowest BCUT2D eigenvalue weighted by molar-refractivity contribution is -0.152. The van der Waals surface area contributed by atoms with Crippen LogP contribution in [0.3, 0.4) is 0 Å². The summed E-state index contributed by atoms with van der Waals surface area (Å²) in [5, 5.41) is 22.4. The number of rotatable bonds is 8. The fourth-order valence-corrected chi connectivity index (χ4v) is 5.19. The smallest absolute Gasteiger partial charge is 0.324 e. The van der Waals surface area contributed by atoms with Crippen molar-refractivity contribution in [2.45, 2.75) is 69.9 Å². The third-order valence-electron chi connectivity index (χ3n) is 6.70. The lowest BCUT2D eigenvalue weighted by Crippen LogP contribution is -2.61. The van der Waals surface area contributed by atoms with E-state index in [0.717, 1.165) is 62.5 Å². The number of hydrogen-bond donors (Lipinski definition) is 4. The Morgan fingerprint density at radius 2 is 1.52 bits per heavy atom. The molecule has 0 saturated heterocycles. The second-order valence-electron chi connectivity index (χ2n) is 8.40. The second kappa shape index (κ2) is 10.0. The van der Waals surface area contributed by atoms with Gasteiger partial charge in [0.15, 0.2) is 0 Å². The predicted molar refractivity (Wildman–Crippen MR) is 111 cm³/mol. The Balaban J connectivity index is 1.75. The van der Waals surface area contributed by atoms with Crippen LogP contribution >= 0.6 is 0 Å². The molecule has 4 N–H and O–H groups in total. The predicted octanol–water partition coefficient (Wildman–Crippen LogP) is 3.89. The number of hydrogen-bond acceptors (Lipinski definition) is 4. The van der Waals surface area contributed by atoms with E-state index in [-0.39, 0.29) is 11.8 Å². The highest BCUT2D eigenvalue weighted by Crippen LogP contribution is 2.44. The molecule has 0 bridgehead atoms. The van der Waals surface area contributed by atoms with Gasteiger partial charge in [-0.25, -0.2) is 5.48 Å². The zero-order valence-corrected chi connectivity index (χ0v) is 16.9. The van der Waals surface area contributed by atoms with Crippen molar-refractivity contribution >= 4 is 18.0 Å². The van der Waals surface area contributed by atoms with Crippen molar-refractivity contribution in [2.75, 3.05) is 0 Å². The van der Waals surface area contributed by atoms with E-state index in [9.17, 15) is 14.7 Å². The van der Waals surface area contributed by atoms with E-state index in [1.165, 1.54) is 12.5 Å². The molecule has 1 aromatic rings. The molecule has 2 saturated carbocycles. The minimum Gasteiger partial charge on any atom is -0.480 e. The molecule has 3 rings (SSSR count). The summed E-state index contributed by atoms with van der Waals surface area (Å²) >= 11 is 0. The summed E-state index contributed by atoms with van der Waals surface area (Å²) in [6.07, 6.45) is 12.5. The van der Waals surface area contributed by atoms with E-state index in [1.54, 1.807) is 11.6 Å². The third kappa shape index (κ3) is 5.06. The molecule has 0 spiro atoms. The molecule has 1 amide bonds. The van der Waals surface area contributed by atoms with Gasteiger partial charge >= 0.3 is 5.97 Å². The number of amides is 1. The number of carboxylic acid groups (broad SMARTS) is 1. The zero-order valence-electron chi connectivity index (χ0n) is 16.9. The number of hydroxylamine groups is 1. The highest BCUT2D eigenvalue weighted by Gasteiger charge is 2.51. The summed E-state index contributed by atoms with van der Waals surface area (Å²) in [6.45, 7) is 0.514. The second-order valence-corrected chi connectivity index (χ2v) is 8.40. The summed E-state index contributed by atoms with van der Waals surface area (Å²) in [6, 6.07) is 7.67. The third-order valence-corrected chi connectivity index (χ3v) is 6.70. The largest absolute Gasteiger partial charge is 0.480 e. The van der Waals surface area contributed by atoms with Crippen molar-refractivity contribution in [1.29, 1.82) is 0 Å². The van der Waals surface area contributed by atoms with E-state index in [0.29, 0.717) is 6.54 Å². The van der Waals surface area contributed by atoms with Crippen LogP contribution in [0.4, 0.5) is 0 Å². The van der Waals surface area contributed by atoms with Gasteiger partial charge in [0.1, 0.15) is 5.54 Å². The van der Waals surface area contributed by atoms with E-state index in [1.807, 2.05) is 24.3 Å². The van der Waals surface area contributed by atoms with Gasteiger partial charge in [0.2, 0.25) is 0 Å². The fourth-order valence-electron chi connectivity index (χ4n) is 5.19. The first-order valence-corrected chi connectivity index (χ1v) is 10.8. The van der Waals surface area contributed by atoms with Crippen molar-refractivity contribution in [3.05, 3.63) is 41.5 Å². The molecule has 1 aromatic carbocycles. The summed E-state index contributed by atoms with van der Waals surface area (Å²) < 4.78 is 0. The number of benzene rings is 1. The average Bonchev–Trinajstić information content (AvgIpc) is 3.29. The van der Waals surface area contributed by atoms with E-state index in [4.69, 9.17) is 5.21 Å². The monoisotopic (exact) mass is 400 g/mol. The van der Waals surface area contributed by atoms with Crippen LogP contribution in [0.15, 0.2) is 30.3 Å². The molecule has 2 fully saturated rings. The highest BCUT2D eigenvalue weighted by atomic mass is 16.5. The normalized spacial score (nSPS) is 20.6. The Labute approximate surface area is 172 Å². The molecular weight excluding hydrogens is 368 g/mol. The van der Waals surface area contributed by atoms with Crippen LogP contribution in [0.1, 0.15) is 68.9 Å². The summed E-state index contributed by atoms with van der Waals surface area (Å²) in [5.74, 6) is -0.879. The molecule has 6 heteroatoms. The van der Waals surface area contributed by atoms with Crippen LogP contribution in [0.25, 0.3) is 6.08 Å². The standard InChI is InChI=1S/C23H32N2O4/c26-21(25-29)15-14-17-10-12-18(13-11-17)16-24-23(22(27)28,20-8-4-5-9-20)19-6-2-1-3-7-19/h10-15,19-20,24,29H,1-9,16H2,(H,25,26)(H,27,28)/t23-/m0/s1. The lowest BCUT2D eigenvalue weighted by Gasteiger charge is -2.44. The molecule has 158 valence electrons. The number of carbonyl (C=O) groups excluding carboxylic acids is 1. The summed E-state index contributed by atoms with van der Waals surface area (Å²) in [5.41, 5.74) is 2.58.